The van der Waals surface area contributed by atoms with E-state index in [2.05, 4.69) is 33.7 Å². The van der Waals surface area contributed by atoms with Crippen LogP contribution in [-0.4, -0.2) is 15.2 Å². The predicted molar refractivity (Wildman–Crippen MR) is 125 cm³/mol. The summed E-state index contributed by atoms with van der Waals surface area (Å²) >= 11 is 6.45. The van der Waals surface area contributed by atoms with Gasteiger partial charge in [-0.15, -0.1) is 5.10 Å². The molecule has 0 atom stereocenters. The molecule has 0 saturated carbocycles. The third-order valence-corrected chi connectivity index (χ3v) is 4.49. The molecular formula is C23H22ClN5O. The van der Waals surface area contributed by atoms with Gasteiger partial charge in [-0.3, -0.25) is 0 Å². The molecule has 3 rings (SSSR count). The van der Waals surface area contributed by atoms with Gasteiger partial charge in [0.05, 0.1) is 0 Å². The second-order valence-electron chi connectivity index (χ2n) is 6.17. The molecule has 2 aromatic carbocycles. The lowest BCUT2D eigenvalue weighted by molar-refractivity contribution is 0.476. The number of nitrogen functional groups attached to an aromatic ring is 1. The second-order valence-corrected chi connectivity index (χ2v) is 6.57. The molecule has 0 bridgehead atoms. The Morgan fingerprint density at radius 1 is 1.07 bits per heavy atom. The van der Waals surface area contributed by atoms with E-state index in [4.69, 9.17) is 22.1 Å². The number of rotatable bonds is 9. The van der Waals surface area contributed by atoms with Crippen LogP contribution < -0.4 is 15.8 Å². The van der Waals surface area contributed by atoms with Crippen LogP contribution in [0.5, 0.6) is 11.5 Å². The number of allylic oxidation sites excluding steroid dienone is 4. The number of H-pyrrole nitrogens is 1. The van der Waals surface area contributed by atoms with Crippen molar-refractivity contribution < 1.29 is 4.74 Å². The van der Waals surface area contributed by atoms with Crippen molar-refractivity contribution in [3.05, 3.63) is 95.6 Å². The monoisotopic (exact) mass is 419 g/mol. The van der Waals surface area contributed by atoms with Gasteiger partial charge in [0.25, 0.3) is 0 Å². The number of aromatic nitrogens is 3. The lowest BCUT2D eigenvalue weighted by Crippen LogP contribution is -2.04. The van der Waals surface area contributed by atoms with Crippen LogP contribution in [0.2, 0.25) is 5.02 Å². The topological polar surface area (TPSA) is 88.8 Å². The van der Waals surface area contributed by atoms with E-state index in [0.717, 1.165) is 16.7 Å². The second kappa shape index (κ2) is 10.1. The normalized spacial score (nSPS) is 11.1. The molecule has 0 aliphatic rings. The molecule has 0 unspecified atom stereocenters. The van der Waals surface area contributed by atoms with Crippen molar-refractivity contribution in [2.45, 2.75) is 6.54 Å². The molecule has 4 N–H and O–H groups in total. The molecule has 30 heavy (non-hydrogen) atoms. The Morgan fingerprint density at radius 2 is 1.80 bits per heavy atom. The Morgan fingerprint density at radius 3 is 2.53 bits per heavy atom. The van der Waals surface area contributed by atoms with Crippen LogP contribution in [0.4, 0.5) is 11.9 Å². The number of halogens is 1. The summed E-state index contributed by atoms with van der Waals surface area (Å²) in [5.41, 5.74) is 8.24. The van der Waals surface area contributed by atoms with Gasteiger partial charge in [0, 0.05) is 22.7 Å². The van der Waals surface area contributed by atoms with E-state index in [-0.39, 0.29) is 5.95 Å². The maximum Gasteiger partial charge on any atom is 0.243 e. The zero-order valence-electron chi connectivity index (χ0n) is 16.3. The summed E-state index contributed by atoms with van der Waals surface area (Å²) < 4.78 is 6.29. The summed E-state index contributed by atoms with van der Waals surface area (Å²) in [5, 5.41) is 10.2. The highest BCUT2D eigenvalue weighted by molar-refractivity contribution is 6.31. The maximum atomic E-state index is 6.45. The van der Waals surface area contributed by atoms with Crippen LogP contribution in [0.15, 0.2) is 73.9 Å². The molecule has 1 aromatic heterocycles. The van der Waals surface area contributed by atoms with E-state index in [0.29, 0.717) is 29.0 Å². The van der Waals surface area contributed by atoms with E-state index < -0.39 is 0 Å². The zero-order chi connectivity index (χ0) is 21.3. The van der Waals surface area contributed by atoms with Gasteiger partial charge in [-0.1, -0.05) is 79.4 Å². The van der Waals surface area contributed by atoms with Crippen molar-refractivity contribution in [1.29, 1.82) is 0 Å². The Kier molecular flexibility index (Phi) is 7.08. The third-order valence-electron chi connectivity index (χ3n) is 4.13. The minimum absolute atomic E-state index is 0.233. The van der Waals surface area contributed by atoms with E-state index in [1.54, 1.807) is 18.2 Å². The van der Waals surface area contributed by atoms with Crippen molar-refractivity contribution in [2.24, 2.45) is 0 Å². The third kappa shape index (κ3) is 5.18. The summed E-state index contributed by atoms with van der Waals surface area (Å²) in [6, 6.07) is 11.3. The molecule has 0 aliphatic carbocycles. The smallest absolute Gasteiger partial charge is 0.243 e. The number of benzene rings is 2. The summed E-state index contributed by atoms with van der Waals surface area (Å²) in [6.45, 7) is 7.84. The van der Waals surface area contributed by atoms with Gasteiger partial charge in [-0.05, 0) is 23.8 Å². The quantitative estimate of drug-likeness (QED) is 0.379. The Labute approximate surface area is 180 Å². The molecule has 6 nitrogen and oxygen atoms in total. The van der Waals surface area contributed by atoms with Gasteiger partial charge in [0.1, 0.15) is 11.5 Å². The molecule has 152 valence electrons. The molecule has 0 spiro atoms. The maximum absolute atomic E-state index is 6.45. The van der Waals surface area contributed by atoms with Gasteiger partial charge in [-0.2, -0.15) is 4.98 Å². The van der Waals surface area contributed by atoms with Crippen LogP contribution in [-0.2, 0) is 6.54 Å². The molecule has 7 heteroatoms. The lowest BCUT2D eigenvalue weighted by atomic mass is 10.0. The molecule has 0 radical (unpaired) electrons. The number of nitrogens with zero attached hydrogens (tertiary/aromatic N) is 2. The standard InChI is InChI=1S/C23H22ClN5O/c1-3-5-9-16-10-7-13-20(17(16)11-6-4-2)30-21-14-8-12-19(24)18(21)15-26-23-27-22(25)28-29-23/h3-14H,1-2,15H2,(H4,25,26,27,28,29)/b9-5+,11-6+. The van der Waals surface area contributed by atoms with Crippen molar-refractivity contribution in [2.75, 3.05) is 11.1 Å². The van der Waals surface area contributed by atoms with Gasteiger partial charge < -0.3 is 15.8 Å². The fourth-order valence-corrected chi connectivity index (χ4v) is 2.99. The first kappa shape index (κ1) is 21.0. The molecule has 0 amide bonds. The number of anilines is 2. The van der Waals surface area contributed by atoms with Crippen LogP contribution in [0.25, 0.3) is 12.2 Å². The molecule has 0 aliphatic heterocycles. The van der Waals surface area contributed by atoms with E-state index in [1.807, 2.05) is 54.6 Å². The number of ether oxygens (including phenoxy) is 1. The average Bonchev–Trinajstić information content (AvgIpc) is 3.16. The number of hydrogen-bond acceptors (Lipinski definition) is 5. The number of nitrogens with one attached hydrogen (secondary N) is 2. The minimum Gasteiger partial charge on any atom is -0.456 e. The van der Waals surface area contributed by atoms with Gasteiger partial charge >= 0.3 is 0 Å². The SMILES string of the molecule is C=C/C=C/c1cccc(Oc2cccc(Cl)c2CNc2n[nH]c(N)n2)c1/C=C/C=C. The number of hydrogen-bond donors (Lipinski definition) is 3. The molecule has 0 saturated heterocycles. The van der Waals surface area contributed by atoms with Crippen LogP contribution in [0.3, 0.4) is 0 Å². The van der Waals surface area contributed by atoms with Crippen molar-refractivity contribution >= 4 is 35.6 Å². The largest absolute Gasteiger partial charge is 0.456 e. The highest BCUT2D eigenvalue weighted by Gasteiger charge is 2.13. The first-order chi connectivity index (χ1) is 14.6. The van der Waals surface area contributed by atoms with Crippen molar-refractivity contribution in [3.8, 4) is 11.5 Å². The van der Waals surface area contributed by atoms with Crippen molar-refractivity contribution in [1.82, 2.24) is 15.2 Å². The average molecular weight is 420 g/mol. The summed E-state index contributed by atoms with van der Waals surface area (Å²) in [5.74, 6) is 1.92. The minimum atomic E-state index is 0.233. The van der Waals surface area contributed by atoms with Gasteiger partial charge in [0.15, 0.2) is 0 Å². The highest BCUT2D eigenvalue weighted by Crippen LogP contribution is 2.34. The predicted octanol–water partition coefficient (Wildman–Crippen LogP) is 5.84. The number of nitrogens with two attached hydrogens (primary N) is 1. The fraction of sp³-hybridized carbons (Fsp3) is 0.0435. The molecule has 0 fully saturated rings. The Bertz CT molecular complexity index is 1100. The van der Waals surface area contributed by atoms with Gasteiger partial charge in [0.2, 0.25) is 11.9 Å². The summed E-state index contributed by atoms with van der Waals surface area (Å²) in [7, 11) is 0. The van der Waals surface area contributed by atoms with Crippen LogP contribution in [0, 0.1) is 0 Å². The van der Waals surface area contributed by atoms with E-state index in [9.17, 15) is 0 Å². The zero-order valence-corrected chi connectivity index (χ0v) is 17.1. The molecular weight excluding hydrogens is 398 g/mol. The number of aromatic amines is 1. The van der Waals surface area contributed by atoms with Crippen molar-refractivity contribution in [3.63, 3.8) is 0 Å². The van der Waals surface area contributed by atoms with Crippen LogP contribution >= 0.6 is 11.6 Å². The highest BCUT2D eigenvalue weighted by atomic mass is 35.5. The van der Waals surface area contributed by atoms with Gasteiger partial charge in [-0.25, -0.2) is 5.10 Å². The van der Waals surface area contributed by atoms with E-state index in [1.165, 1.54) is 0 Å². The Balaban J connectivity index is 1.95. The molecule has 3 aromatic rings. The Hall–Kier alpha value is -3.77. The first-order valence-electron chi connectivity index (χ1n) is 9.20. The first-order valence-corrected chi connectivity index (χ1v) is 9.58. The summed E-state index contributed by atoms with van der Waals surface area (Å²) in [6.07, 6.45) is 11.1. The van der Waals surface area contributed by atoms with E-state index >= 15 is 0 Å². The fourth-order valence-electron chi connectivity index (χ4n) is 2.75. The molecule has 1 heterocycles. The summed E-state index contributed by atoms with van der Waals surface area (Å²) in [4.78, 5) is 4.04. The van der Waals surface area contributed by atoms with Crippen LogP contribution in [0.1, 0.15) is 16.7 Å². The lowest BCUT2D eigenvalue weighted by Gasteiger charge is -2.16.